The van der Waals surface area contributed by atoms with Crippen LogP contribution in [0.5, 0.6) is 23.0 Å². The largest absolute Gasteiger partial charge is 0.493 e. The summed E-state index contributed by atoms with van der Waals surface area (Å²) in [5.74, 6) is 0.310. The average molecular weight is 527 g/mol. The Hall–Kier alpha value is -4.24. The monoisotopic (exact) mass is 526 g/mol. The SMILES string of the molecule is CCOc1ccc(C(=O)N/N=C/c2cc(Cl)c(OCc3ccc(C(=O)O)cc3)c(OC)c2)cc1OCC. The average Bonchev–Trinajstić information content (AvgIpc) is 2.89. The van der Waals surface area contributed by atoms with Crippen LogP contribution < -0.4 is 24.4 Å². The van der Waals surface area contributed by atoms with Gasteiger partial charge in [0, 0.05) is 5.56 Å². The summed E-state index contributed by atoms with van der Waals surface area (Å²) in [6, 6.07) is 14.5. The van der Waals surface area contributed by atoms with Crippen LogP contribution in [0.3, 0.4) is 0 Å². The fourth-order valence-corrected chi connectivity index (χ4v) is 3.55. The Morgan fingerprint density at radius 1 is 0.919 bits per heavy atom. The minimum Gasteiger partial charge on any atom is -0.493 e. The van der Waals surface area contributed by atoms with E-state index in [4.69, 9.17) is 35.7 Å². The van der Waals surface area contributed by atoms with E-state index in [-0.39, 0.29) is 17.2 Å². The molecule has 3 aromatic carbocycles. The van der Waals surface area contributed by atoms with Gasteiger partial charge >= 0.3 is 5.97 Å². The summed E-state index contributed by atoms with van der Waals surface area (Å²) in [5, 5.41) is 13.3. The molecule has 0 heterocycles. The molecule has 0 aliphatic heterocycles. The second-order valence-corrected chi connectivity index (χ2v) is 7.96. The number of carboxylic acid groups (broad SMARTS) is 1. The van der Waals surface area contributed by atoms with E-state index in [9.17, 15) is 9.59 Å². The Kier molecular flexibility index (Phi) is 9.74. The quantitative estimate of drug-likeness (QED) is 0.246. The van der Waals surface area contributed by atoms with Crippen molar-refractivity contribution in [2.45, 2.75) is 20.5 Å². The van der Waals surface area contributed by atoms with Gasteiger partial charge in [0.25, 0.3) is 5.91 Å². The molecule has 2 N–H and O–H groups in total. The highest BCUT2D eigenvalue weighted by atomic mass is 35.5. The number of carbonyl (C=O) groups is 2. The number of carbonyl (C=O) groups excluding carboxylic acids is 1. The number of halogens is 1. The van der Waals surface area contributed by atoms with E-state index < -0.39 is 11.9 Å². The van der Waals surface area contributed by atoms with Gasteiger partial charge in [-0.2, -0.15) is 5.10 Å². The minimum absolute atomic E-state index is 0.158. The number of methoxy groups -OCH3 is 1. The van der Waals surface area contributed by atoms with E-state index in [2.05, 4.69) is 10.5 Å². The van der Waals surface area contributed by atoms with Gasteiger partial charge in [-0.25, -0.2) is 10.2 Å². The van der Waals surface area contributed by atoms with E-state index in [1.807, 2.05) is 13.8 Å². The Balaban J connectivity index is 1.67. The zero-order chi connectivity index (χ0) is 26.8. The Labute approximate surface area is 219 Å². The number of ether oxygens (including phenoxy) is 4. The molecule has 10 heteroatoms. The molecule has 0 aliphatic rings. The van der Waals surface area contributed by atoms with Gasteiger partial charge in [0.05, 0.1) is 37.1 Å². The van der Waals surface area contributed by atoms with E-state index in [0.29, 0.717) is 47.3 Å². The summed E-state index contributed by atoms with van der Waals surface area (Å²) in [7, 11) is 1.48. The van der Waals surface area contributed by atoms with E-state index >= 15 is 0 Å². The summed E-state index contributed by atoms with van der Waals surface area (Å²) in [4.78, 5) is 23.6. The summed E-state index contributed by atoms with van der Waals surface area (Å²) >= 11 is 6.41. The highest BCUT2D eigenvalue weighted by Gasteiger charge is 2.14. The lowest BCUT2D eigenvalue weighted by molar-refractivity contribution is 0.0696. The van der Waals surface area contributed by atoms with Gasteiger partial charge in [-0.05, 0) is 67.4 Å². The van der Waals surface area contributed by atoms with Crippen molar-refractivity contribution in [1.82, 2.24) is 5.43 Å². The molecule has 0 saturated carbocycles. The molecule has 0 unspecified atom stereocenters. The van der Waals surface area contributed by atoms with Gasteiger partial charge in [0.1, 0.15) is 6.61 Å². The summed E-state index contributed by atoms with van der Waals surface area (Å²) in [6.07, 6.45) is 1.43. The van der Waals surface area contributed by atoms with Crippen molar-refractivity contribution in [3.8, 4) is 23.0 Å². The van der Waals surface area contributed by atoms with Gasteiger partial charge in [0.15, 0.2) is 23.0 Å². The molecule has 0 aromatic heterocycles. The molecule has 9 nitrogen and oxygen atoms in total. The van der Waals surface area contributed by atoms with Crippen LogP contribution in [0.4, 0.5) is 0 Å². The predicted molar refractivity (Wildman–Crippen MR) is 140 cm³/mol. The zero-order valence-electron chi connectivity index (χ0n) is 20.6. The molecule has 3 rings (SSSR count). The summed E-state index contributed by atoms with van der Waals surface area (Å²) in [5.41, 5.74) is 4.36. The number of carboxylic acids is 1. The first-order valence-corrected chi connectivity index (χ1v) is 11.8. The van der Waals surface area contributed by atoms with Crippen molar-refractivity contribution in [2.75, 3.05) is 20.3 Å². The first kappa shape index (κ1) is 27.3. The standard InChI is InChI=1S/C27H27ClN2O7/c1-4-35-22-11-10-20(14-23(22)36-5-2)26(31)30-29-15-18-12-21(28)25(24(13-18)34-3)37-16-17-6-8-19(9-7-17)27(32)33/h6-15H,4-5,16H2,1-3H3,(H,30,31)(H,32,33)/b29-15+. The smallest absolute Gasteiger partial charge is 0.335 e. The fourth-order valence-electron chi connectivity index (χ4n) is 3.28. The zero-order valence-corrected chi connectivity index (χ0v) is 21.4. The third kappa shape index (κ3) is 7.37. The molecular weight excluding hydrogens is 500 g/mol. The second-order valence-electron chi connectivity index (χ2n) is 7.55. The Bertz CT molecular complexity index is 1280. The number of nitrogens with one attached hydrogen (secondary N) is 1. The number of aromatic carboxylic acids is 1. The van der Waals surface area contributed by atoms with Gasteiger partial charge in [-0.3, -0.25) is 4.79 Å². The third-order valence-corrected chi connectivity index (χ3v) is 5.30. The lowest BCUT2D eigenvalue weighted by Crippen LogP contribution is -2.17. The van der Waals surface area contributed by atoms with Crippen molar-refractivity contribution in [2.24, 2.45) is 5.10 Å². The Morgan fingerprint density at radius 2 is 1.59 bits per heavy atom. The fraction of sp³-hybridized carbons (Fsp3) is 0.222. The molecule has 3 aromatic rings. The molecular formula is C27H27ClN2O7. The topological polar surface area (TPSA) is 116 Å². The number of hydrogen-bond donors (Lipinski definition) is 2. The number of benzene rings is 3. The van der Waals surface area contributed by atoms with Crippen molar-refractivity contribution in [3.63, 3.8) is 0 Å². The molecule has 0 saturated heterocycles. The molecule has 0 atom stereocenters. The number of hydrazone groups is 1. The van der Waals surface area contributed by atoms with Crippen LogP contribution >= 0.6 is 11.6 Å². The lowest BCUT2D eigenvalue weighted by Gasteiger charge is -2.13. The van der Waals surface area contributed by atoms with Gasteiger partial charge in [-0.1, -0.05) is 23.7 Å². The molecule has 0 bridgehead atoms. The molecule has 0 aliphatic carbocycles. The van der Waals surface area contributed by atoms with Crippen LogP contribution in [0.1, 0.15) is 45.7 Å². The van der Waals surface area contributed by atoms with E-state index in [1.165, 1.54) is 25.5 Å². The van der Waals surface area contributed by atoms with Crippen LogP contribution in [0.15, 0.2) is 59.7 Å². The normalized spacial score (nSPS) is 10.7. The summed E-state index contributed by atoms with van der Waals surface area (Å²) < 4.78 is 22.3. The van der Waals surface area contributed by atoms with Crippen LogP contribution in [0.25, 0.3) is 0 Å². The van der Waals surface area contributed by atoms with E-state index in [1.54, 1.807) is 42.5 Å². The van der Waals surface area contributed by atoms with Crippen LogP contribution in [-0.4, -0.2) is 43.5 Å². The first-order valence-electron chi connectivity index (χ1n) is 11.4. The van der Waals surface area contributed by atoms with Gasteiger partial charge < -0.3 is 24.1 Å². The van der Waals surface area contributed by atoms with Gasteiger partial charge in [0.2, 0.25) is 0 Å². The van der Waals surface area contributed by atoms with Crippen molar-refractivity contribution in [1.29, 1.82) is 0 Å². The summed E-state index contributed by atoms with van der Waals surface area (Å²) in [6.45, 7) is 4.78. The van der Waals surface area contributed by atoms with E-state index in [0.717, 1.165) is 5.56 Å². The maximum atomic E-state index is 12.6. The third-order valence-electron chi connectivity index (χ3n) is 5.02. The van der Waals surface area contributed by atoms with Crippen molar-refractivity contribution in [3.05, 3.63) is 81.9 Å². The van der Waals surface area contributed by atoms with Crippen LogP contribution in [0, 0.1) is 0 Å². The van der Waals surface area contributed by atoms with Crippen molar-refractivity contribution >= 4 is 29.7 Å². The number of nitrogens with zero attached hydrogens (tertiary/aromatic N) is 1. The maximum absolute atomic E-state index is 12.6. The number of amides is 1. The second kappa shape index (κ2) is 13.2. The molecule has 194 valence electrons. The number of rotatable bonds is 12. The van der Waals surface area contributed by atoms with Crippen molar-refractivity contribution < 1.29 is 33.6 Å². The highest BCUT2D eigenvalue weighted by molar-refractivity contribution is 6.32. The molecule has 37 heavy (non-hydrogen) atoms. The highest BCUT2D eigenvalue weighted by Crippen LogP contribution is 2.36. The maximum Gasteiger partial charge on any atom is 0.335 e. The van der Waals surface area contributed by atoms with Crippen LogP contribution in [0.2, 0.25) is 5.02 Å². The molecule has 0 spiro atoms. The minimum atomic E-state index is -1.000. The molecule has 1 amide bonds. The van der Waals surface area contributed by atoms with Gasteiger partial charge in [-0.15, -0.1) is 0 Å². The van der Waals surface area contributed by atoms with Crippen LogP contribution in [-0.2, 0) is 6.61 Å². The Morgan fingerprint density at radius 3 is 2.24 bits per heavy atom. The first-order chi connectivity index (χ1) is 17.9. The predicted octanol–water partition coefficient (Wildman–Crippen LogP) is 5.19. The molecule has 0 fully saturated rings. The molecule has 0 radical (unpaired) electrons. The lowest BCUT2D eigenvalue weighted by atomic mass is 10.1. The number of hydrogen-bond acceptors (Lipinski definition) is 7.